The summed E-state index contributed by atoms with van der Waals surface area (Å²) < 4.78 is 35.9. The number of hydrogen-bond acceptors (Lipinski definition) is 4. The second-order valence-corrected chi connectivity index (χ2v) is 5.81. The van der Waals surface area contributed by atoms with E-state index in [4.69, 9.17) is 18.8 Å². The van der Waals surface area contributed by atoms with E-state index < -0.39 is 24.1 Å². The predicted molar refractivity (Wildman–Crippen MR) is 75.2 cm³/mol. The van der Waals surface area contributed by atoms with Crippen molar-refractivity contribution in [2.45, 2.75) is 38.9 Å². The van der Waals surface area contributed by atoms with Crippen molar-refractivity contribution < 1.29 is 23.2 Å². The van der Waals surface area contributed by atoms with Crippen LogP contribution in [-0.4, -0.2) is 32.5 Å². The molecule has 0 aromatic heterocycles. The minimum absolute atomic E-state index is 0.348. The Labute approximate surface area is 119 Å². The molecule has 1 aliphatic heterocycles. The molecule has 0 N–H and O–H groups in total. The largest absolute Gasteiger partial charge is 0.502 e. The van der Waals surface area contributed by atoms with Crippen LogP contribution in [0.1, 0.15) is 27.7 Å². The molecule has 1 heterocycles. The highest BCUT2D eigenvalue weighted by molar-refractivity contribution is 6.64. The minimum Gasteiger partial charge on any atom is -0.497 e. The van der Waals surface area contributed by atoms with Gasteiger partial charge in [-0.05, 0) is 27.7 Å². The van der Waals surface area contributed by atoms with Gasteiger partial charge in [0.1, 0.15) is 17.3 Å². The molecule has 0 spiro atoms. The fraction of sp³-hybridized carbons (Fsp3) is 0.571. The smallest absolute Gasteiger partial charge is 0.497 e. The summed E-state index contributed by atoms with van der Waals surface area (Å²) >= 11 is 0. The van der Waals surface area contributed by atoms with Gasteiger partial charge in [0.25, 0.3) is 0 Å². The van der Waals surface area contributed by atoms with E-state index >= 15 is 0 Å². The van der Waals surface area contributed by atoms with E-state index in [9.17, 15) is 4.39 Å². The maximum atomic E-state index is 13.5. The summed E-state index contributed by atoms with van der Waals surface area (Å²) in [6.07, 6.45) is 0. The fourth-order valence-electron chi connectivity index (χ4n) is 2.10. The summed E-state index contributed by atoms with van der Waals surface area (Å²) in [5, 5.41) is 0. The minimum atomic E-state index is -0.662. The topological polar surface area (TPSA) is 36.9 Å². The third kappa shape index (κ3) is 2.38. The van der Waals surface area contributed by atoms with Gasteiger partial charge in [0.05, 0.1) is 30.9 Å². The van der Waals surface area contributed by atoms with Crippen LogP contribution in [0.25, 0.3) is 0 Å². The van der Waals surface area contributed by atoms with Gasteiger partial charge in [0.2, 0.25) is 0 Å². The fourth-order valence-corrected chi connectivity index (χ4v) is 2.10. The molecule has 1 saturated heterocycles. The Morgan fingerprint density at radius 1 is 0.950 bits per heavy atom. The van der Waals surface area contributed by atoms with Crippen molar-refractivity contribution in [3.05, 3.63) is 17.9 Å². The third-order valence-electron chi connectivity index (χ3n) is 4.00. The second-order valence-electron chi connectivity index (χ2n) is 5.81. The molecule has 0 amide bonds. The first-order valence-corrected chi connectivity index (χ1v) is 6.49. The van der Waals surface area contributed by atoms with Crippen molar-refractivity contribution in [2.75, 3.05) is 14.2 Å². The SMILES string of the molecule is COc1cc(F)cc(OC)c1B1OC(C)(C)C(C)(C)O1. The van der Waals surface area contributed by atoms with Crippen LogP contribution in [0, 0.1) is 5.82 Å². The average Bonchev–Trinajstić information content (AvgIpc) is 2.56. The molecule has 0 aliphatic carbocycles. The number of benzene rings is 1. The molecule has 1 aliphatic rings. The standard InChI is InChI=1S/C14H20BFO4/c1-13(2)14(3,4)20-15(19-13)12-10(17-5)7-9(16)8-11(12)18-6/h7-8H,1-6H3. The van der Waals surface area contributed by atoms with E-state index in [0.29, 0.717) is 17.0 Å². The Morgan fingerprint density at radius 2 is 1.35 bits per heavy atom. The lowest BCUT2D eigenvalue weighted by Crippen LogP contribution is -2.41. The molecule has 110 valence electrons. The Bertz CT molecular complexity index is 475. The number of rotatable bonds is 3. The molecule has 20 heavy (non-hydrogen) atoms. The zero-order valence-electron chi connectivity index (χ0n) is 12.7. The highest BCUT2D eigenvalue weighted by atomic mass is 19.1. The van der Waals surface area contributed by atoms with Crippen LogP contribution >= 0.6 is 0 Å². The van der Waals surface area contributed by atoms with E-state index in [1.54, 1.807) is 0 Å². The summed E-state index contributed by atoms with van der Waals surface area (Å²) in [7, 11) is 2.29. The summed E-state index contributed by atoms with van der Waals surface area (Å²) in [5.74, 6) is 0.264. The highest BCUT2D eigenvalue weighted by Crippen LogP contribution is 2.38. The van der Waals surface area contributed by atoms with Crippen LogP contribution in [0.5, 0.6) is 11.5 Å². The molecule has 1 aromatic carbocycles. The Kier molecular flexibility index (Phi) is 3.73. The Hall–Kier alpha value is -1.27. The van der Waals surface area contributed by atoms with Crippen molar-refractivity contribution >= 4 is 12.6 Å². The number of hydrogen-bond donors (Lipinski definition) is 0. The molecule has 1 aromatic rings. The lowest BCUT2D eigenvalue weighted by molar-refractivity contribution is 0.00578. The molecule has 0 saturated carbocycles. The molecule has 2 rings (SSSR count). The molecule has 1 fully saturated rings. The molecular formula is C14H20BFO4. The lowest BCUT2D eigenvalue weighted by atomic mass is 9.77. The first-order chi connectivity index (χ1) is 9.21. The van der Waals surface area contributed by atoms with Crippen LogP contribution in [0.3, 0.4) is 0 Å². The summed E-state index contributed by atoms with van der Waals surface area (Å²) in [4.78, 5) is 0. The number of methoxy groups -OCH3 is 2. The van der Waals surface area contributed by atoms with Crippen molar-refractivity contribution in [1.82, 2.24) is 0 Å². The van der Waals surface area contributed by atoms with Crippen molar-refractivity contribution in [3.8, 4) is 11.5 Å². The van der Waals surface area contributed by atoms with Gasteiger partial charge in [-0.25, -0.2) is 4.39 Å². The normalized spacial score (nSPS) is 20.1. The highest BCUT2D eigenvalue weighted by Gasteiger charge is 2.53. The van der Waals surface area contributed by atoms with Gasteiger partial charge in [0, 0.05) is 12.1 Å². The van der Waals surface area contributed by atoms with Crippen molar-refractivity contribution in [1.29, 1.82) is 0 Å². The maximum absolute atomic E-state index is 13.5. The monoisotopic (exact) mass is 282 g/mol. The summed E-state index contributed by atoms with van der Waals surface area (Å²) in [6.45, 7) is 7.82. The van der Waals surface area contributed by atoms with Crippen LogP contribution in [0.2, 0.25) is 0 Å². The van der Waals surface area contributed by atoms with E-state index in [2.05, 4.69) is 0 Å². The van der Waals surface area contributed by atoms with Crippen LogP contribution in [-0.2, 0) is 9.31 Å². The molecule has 0 bridgehead atoms. The third-order valence-corrected chi connectivity index (χ3v) is 4.00. The van der Waals surface area contributed by atoms with Gasteiger partial charge in [0.15, 0.2) is 0 Å². The zero-order valence-corrected chi connectivity index (χ0v) is 12.7. The first-order valence-electron chi connectivity index (χ1n) is 6.49. The van der Waals surface area contributed by atoms with Crippen LogP contribution in [0.4, 0.5) is 4.39 Å². The molecule has 6 heteroatoms. The quantitative estimate of drug-likeness (QED) is 0.796. The maximum Gasteiger partial charge on any atom is 0.502 e. The molecular weight excluding hydrogens is 262 g/mol. The molecule has 0 radical (unpaired) electrons. The molecule has 4 nitrogen and oxygen atoms in total. The van der Waals surface area contributed by atoms with Crippen LogP contribution in [0.15, 0.2) is 12.1 Å². The molecule has 0 unspecified atom stereocenters. The first kappa shape index (κ1) is 15.1. The van der Waals surface area contributed by atoms with Crippen LogP contribution < -0.4 is 14.9 Å². The second kappa shape index (κ2) is 4.93. The van der Waals surface area contributed by atoms with Gasteiger partial charge in [-0.3, -0.25) is 0 Å². The predicted octanol–water partition coefficient (Wildman–Crippen LogP) is 2.14. The van der Waals surface area contributed by atoms with E-state index in [1.807, 2.05) is 27.7 Å². The number of halogens is 1. The summed E-state index contributed by atoms with van der Waals surface area (Å²) in [5.41, 5.74) is -0.403. The van der Waals surface area contributed by atoms with E-state index in [0.717, 1.165) is 0 Å². The van der Waals surface area contributed by atoms with E-state index in [1.165, 1.54) is 26.4 Å². The van der Waals surface area contributed by atoms with Gasteiger partial charge in [-0.1, -0.05) is 0 Å². The van der Waals surface area contributed by atoms with Crippen molar-refractivity contribution in [2.24, 2.45) is 0 Å². The summed E-state index contributed by atoms with van der Waals surface area (Å²) in [6, 6.07) is 2.59. The number of ether oxygens (including phenoxy) is 2. The molecule has 0 atom stereocenters. The lowest BCUT2D eigenvalue weighted by Gasteiger charge is -2.32. The van der Waals surface area contributed by atoms with Gasteiger partial charge < -0.3 is 18.8 Å². The van der Waals surface area contributed by atoms with E-state index in [-0.39, 0.29) is 0 Å². The van der Waals surface area contributed by atoms with Gasteiger partial charge in [-0.2, -0.15) is 0 Å². The Morgan fingerprint density at radius 3 is 1.70 bits per heavy atom. The average molecular weight is 282 g/mol. The zero-order chi connectivity index (χ0) is 15.1. The van der Waals surface area contributed by atoms with Crippen molar-refractivity contribution in [3.63, 3.8) is 0 Å². The Balaban J connectivity index is 2.49. The van der Waals surface area contributed by atoms with Gasteiger partial charge in [-0.15, -0.1) is 0 Å². The van der Waals surface area contributed by atoms with Gasteiger partial charge >= 0.3 is 7.12 Å².